The number of halogens is 3. The highest BCUT2D eigenvalue weighted by atomic mass is 79.9. The molecule has 104 valence electrons. The number of nitrogens with one attached hydrogen (secondary N) is 1. The van der Waals surface area contributed by atoms with Crippen molar-refractivity contribution < 1.29 is 5.11 Å². The number of hydrogen-bond donors (Lipinski definition) is 2. The monoisotopic (exact) mass is 452 g/mol. The SMILES string of the molecule is C=C[C@H](c1c(Br)cc(Br)c(O)c1Br)N1CCNCC1. The summed E-state index contributed by atoms with van der Waals surface area (Å²) in [7, 11) is 0. The van der Waals surface area contributed by atoms with Gasteiger partial charge in [-0.05, 0) is 37.9 Å². The summed E-state index contributed by atoms with van der Waals surface area (Å²) in [5, 5.41) is 13.4. The Balaban J connectivity index is 2.43. The van der Waals surface area contributed by atoms with Crippen LogP contribution in [0.15, 0.2) is 32.1 Å². The van der Waals surface area contributed by atoms with Gasteiger partial charge < -0.3 is 10.4 Å². The predicted molar refractivity (Wildman–Crippen MR) is 88.6 cm³/mol. The highest BCUT2D eigenvalue weighted by Gasteiger charge is 2.25. The average Bonchev–Trinajstić information content (AvgIpc) is 2.42. The van der Waals surface area contributed by atoms with Crippen LogP contribution in [0, 0.1) is 0 Å². The predicted octanol–water partition coefficient (Wildman–Crippen LogP) is 3.81. The second kappa shape index (κ2) is 6.72. The topological polar surface area (TPSA) is 35.5 Å². The third-order valence-electron chi connectivity index (χ3n) is 3.25. The van der Waals surface area contributed by atoms with Crippen molar-refractivity contribution in [1.29, 1.82) is 0 Å². The molecule has 3 nitrogen and oxygen atoms in total. The van der Waals surface area contributed by atoms with Crippen molar-refractivity contribution >= 4 is 47.8 Å². The molecule has 2 N–H and O–H groups in total. The lowest BCUT2D eigenvalue weighted by atomic mass is 10.0. The van der Waals surface area contributed by atoms with Crippen LogP contribution in [0.25, 0.3) is 0 Å². The summed E-state index contributed by atoms with van der Waals surface area (Å²) in [5.74, 6) is 0.222. The van der Waals surface area contributed by atoms with Crippen LogP contribution in [-0.4, -0.2) is 36.2 Å². The summed E-state index contributed by atoms with van der Waals surface area (Å²) >= 11 is 10.4. The number of phenolic OH excluding ortho intramolecular Hbond substituents is 1. The molecule has 6 heteroatoms. The summed E-state index contributed by atoms with van der Waals surface area (Å²) in [6, 6.07) is 1.94. The summed E-state index contributed by atoms with van der Waals surface area (Å²) < 4.78 is 2.32. The molecule has 19 heavy (non-hydrogen) atoms. The molecule has 0 aliphatic carbocycles. The Hall–Kier alpha value is 0.120. The summed E-state index contributed by atoms with van der Waals surface area (Å²) in [4.78, 5) is 2.35. The van der Waals surface area contributed by atoms with Crippen molar-refractivity contribution in [1.82, 2.24) is 10.2 Å². The van der Waals surface area contributed by atoms with E-state index in [0.717, 1.165) is 36.2 Å². The van der Waals surface area contributed by atoms with Crippen LogP contribution in [0.5, 0.6) is 5.75 Å². The Morgan fingerprint density at radius 2 is 1.89 bits per heavy atom. The van der Waals surface area contributed by atoms with Gasteiger partial charge in [-0.1, -0.05) is 22.0 Å². The molecule has 1 aromatic rings. The number of rotatable bonds is 3. The zero-order valence-electron chi connectivity index (χ0n) is 10.3. The fourth-order valence-electron chi connectivity index (χ4n) is 2.28. The van der Waals surface area contributed by atoms with Gasteiger partial charge in [0.15, 0.2) is 0 Å². The van der Waals surface area contributed by atoms with E-state index in [1.165, 1.54) is 0 Å². The van der Waals surface area contributed by atoms with E-state index in [4.69, 9.17) is 0 Å². The number of hydrogen-bond acceptors (Lipinski definition) is 3. The maximum Gasteiger partial charge on any atom is 0.144 e. The standard InChI is InChI=1S/C13H15Br3N2O/c1-2-10(18-5-3-17-4-6-18)11-8(14)7-9(15)13(19)12(11)16/h2,7,10,17,19H,1,3-6H2/t10-/m1/s1. The van der Waals surface area contributed by atoms with Gasteiger partial charge in [0.1, 0.15) is 5.75 Å². The Labute approximate surface area is 138 Å². The minimum absolute atomic E-state index is 0.0739. The highest BCUT2D eigenvalue weighted by molar-refractivity contribution is 9.11. The molecule has 2 rings (SSSR count). The molecule has 1 fully saturated rings. The van der Waals surface area contributed by atoms with Crippen LogP contribution in [0.2, 0.25) is 0 Å². The summed E-state index contributed by atoms with van der Waals surface area (Å²) in [6.45, 7) is 7.83. The normalized spacial score (nSPS) is 18.3. The van der Waals surface area contributed by atoms with Crippen LogP contribution in [0.3, 0.4) is 0 Å². The van der Waals surface area contributed by atoms with E-state index in [2.05, 4.69) is 64.6 Å². The van der Waals surface area contributed by atoms with Gasteiger partial charge in [0.05, 0.1) is 15.0 Å². The quantitative estimate of drug-likeness (QED) is 0.682. The molecule has 1 saturated heterocycles. The highest BCUT2D eigenvalue weighted by Crippen LogP contribution is 2.43. The molecule has 0 unspecified atom stereocenters. The maximum absolute atomic E-state index is 10.1. The lowest BCUT2D eigenvalue weighted by molar-refractivity contribution is 0.202. The molecule has 0 amide bonds. The largest absolute Gasteiger partial charge is 0.506 e. The van der Waals surface area contributed by atoms with Crippen LogP contribution in [0.4, 0.5) is 0 Å². The minimum Gasteiger partial charge on any atom is -0.506 e. The first-order chi connectivity index (χ1) is 9.06. The molecule has 0 spiro atoms. The van der Waals surface area contributed by atoms with E-state index in [-0.39, 0.29) is 11.8 Å². The molecule has 0 aromatic heterocycles. The minimum atomic E-state index is 0.0739. The second-order valence-electron chi connectivity index (χ2n) is 4.38. The third kappa shape index (κ3) is 3.24. The zero-order valence-corrected chi connectivity index (χ0v) is 15.1. The van der Waals surface area contributed by atoms with Crippen molar-refractivity contribution in [3.8, 4) is 5.75 Å². The van der Waals surface area contributed by atoms with E-state index < -0.39 is 0 Å². The van der Waals surface area contributed by atoms with Crippen LogP contribution in [-0.2, 0) is 0 Å². The van der Waals surface area contributed by atoms with Crippen LogP contribution < -0.4 is 5.32 Å². The van der Waals surface area contributed by atoms with Crippen molar-refractivity contribution in [3.05, 3.63) is 37.7 Å². The van der Waals surface area contributed by atoms with Gasteiger partial charge in [0.25, 0.3) is 0 Å². The molecule has 1 aromatic carbocycles. The first kappa shape index (κ1) is 15.5. The van der Waals surface area contributed by atoms with Gasteiger partial charge in [0.2, 0.25) is 0 Å². The van der Waals surface area contributed by atoms with E-state index in [1.807, 2.05) is 12.1 Å². The number of piperazine rings is 1. The lowest BCUT2D eigenvalue weighted by Crippen LogP contribution is -2.44. The Morgan fingerprint density at radius 1 is 1.26 bits per heavy atom. The van der Waals surface area contributed by atoms with E-state index >= 15 is 0 Å². The molecule has 1 atom stereocenters. The zero-order chi connectivity index (χ0) is 14.0. The second-order valence-corrected chi connectivity index (χ2v) is 6.88. The molecule has 0 saturated carbocycles. The molecule has 0 radical (unpaired) electrons. The molecular formula is C13H15Br3N2O. The van der Waals surface area contributed by atoms with Gasteiger partial charge >= 0.3 is 0 Å². The van der Waals surface area contributed by atoms with Gasteiger partial charge in [-0.15, -0.1) is 6.58 Å². The average molecular weight is 455 g/mol. The number of benzene rings is 1. The maximum atomic E-state index is 10.1. The molecule has 1 heterocycles. The first-order valence-corrected chi connectivity index (χ1v) is 8.37. The number of aromatic hydroxyl groups is 1. The van der Waals surface area contributed by atoms with Crippen molar-refractivity contribution in [3.63, 3.8) is 0 Å². The van der Waals surface area contributed by atoms with Crippen LogP contribution >= 0.6 is 47.8 Å². The molecular weight excluding hydrogens is 440 g/mol. The van der Waals surface area contributed by atoms with Gasteiger partial charge in [-0.2, -0.15) is 0 Å². The fraction of sp³-hybridized carbons (Fsp3) is 0.385. The Morgan fingerprint density at radius 3 is 2.47 bits per heavy atom. The summed E-state index contributed by atoms with van der Waals surface area (Å²) in [5.41, 5.74) is 1.01. The lowest BCUT2D eigenvalue weighted by Gasteiger charge is -2.34. The number of phenols is 1. The van der Waals surface area contributed by atoms with Gasteiger partial charge in [-0.25, -0.2) is 0 Å². The first-order valence-electron chi connectivity index (χ1n) is 6.00. The molecule has 0 bridgehead atoms. The Kier molecular flexibility index (Phi) is 5.48. The van der Waals surface area contributed by atoms with E-state index in [0.29, 0.717) is 8.95 Å². The van der Waals surface area contributed by atoms with Gasteiger partial charge in [0, 0.05) is 36.2 Å². The Bertz CT molecular complexity index is 487. The van der Waals surface area contributed by atoms with Crippen molar-refractivity contribution in [2.75, 3.05) is 26.2 Å². The molecule has 1 aliphatic rings. The number of nitrogens with zero attached hydrogens (tertiary/aromatic N) is 1. The van der Waals surface area contributed by atoms with Crippen molar-refractivity contribution in [2.45, 2.75) is 6.04 Å². The molecule has 1 aliphatic heterocycles. The van der Waals surface area contributed by atoms with Gasteiger partial charge in [-0.3, -0.25) is 4.90 Å². The van der Waals surface area contributed by atoms with E-state index in [1.54, 1.807) is 0 Å². The van der Waals surface area contributed by atoms with Crippen LogP contribution in [0.1, 0.15) is 11.6 Å². The fourth-order valence-corrected chi connectivity index (χ4v) is 4.87. The smallest absolute Gasteiger partial charge is 0.144 e. The summed E-state index contributed by atoms with van der Waals surface area (Å²) in [6.07, 6.45) is 1.92. The van der Waals surface area contributed by atoms with E-state index in [9.17, 15) is 5.11 Å². The van der Waals surface area contributed by atoms with Crippen molar-refractivity contribution in [2.24, 2.45) is 0 Å². The third-order valence-corrected chi connectivity index (χ3v) is 5.31.